The Bertz CT molecular complexity index is 3550. The van der Waals surface area contributed by atoms with Crippen LogP contribution < -0.4 is 0 Å². The molecule has 12 rings (SSSR count). The Morgan fingerprint density at radius 2 is 0.797 bits per heavy atom. The van der Waals surface area contributed by atoms with Crippen molar-refractivity contribution in [3.63, 3.8) is 0 Å². The van der Waals surface area contributed by atoms with E-state index in [9.17, 15) is 0 Å². The van der Waals surface area contributed by atoms with Crippen LogP contribution in [0.2, 0.25) is 0 Å². The number of hydrogen-bond donors (Lipinski definition) is 0. The van der Waals surface area contributed by atoms with Gasteiger partial charge in [0.1, 0.15) is 5.01 Å². The molecule has 0 radical (unpaired) electrons. The zero-order chi connectivity index (χ0) is 38.9. The van der Waals surface area contributed by atoms with Crippen molar-refractivity contribution in [1.29, 1.82) is 0 Å². The molecule has 7 heteroatoms. The third-order valence-corrected chi connectivity index (χ3v) is 12.3. The van der Waals surface area contributed by atoms with Crippen molar-refractivity contribution >= 4 is 65.2 Å². The van der Waals surface area contributed by atoms with Crippen molar-refractivity contribution in [3.05, 3.63) is 194 Å². The Morgan fingerprint density at radius 3 is 1.46 bits per heavy atom. The zero-order valence-corrected chi connectivity index (χ0v) is 32.4. The van der Waals surface area contributed by atoms with Crippen molar-refractivity contribution in [3.8, 4) is 56.1 Å². The summed E-state index contributed by atoms with van der Waals surface area (Å²) in [5.41, 5.74) is 11.5. The molecule has 276 valence electrons. The molecule has 4 aromatic heterocycles. The lowest BCUT2D eigenvalue weighted by molar-refractivity contribution is 1.07. The average molecular weight is 773 g/mol. The summed E-state index contributed by atoms with van der Waals surface area (Å²) < 4.78 is 5.73. The van der Waals surface area contributed by atoms with Gasteiger partial charge in [-0.2, -0.15) is 0 Å². The summed E-state index contributed by atoms with van der Waals surface area (Å²) in [5, 5.41) is 5.67. The Balaban J connectivity index is 1.07. The SMILES string of the molecule is c1ccc(-c2nc3ccc(-c4nc(-c5ccc6c(c5)c5ccccc5n6-c5ccccc5)nc(-c5ccc6c7ccccc7n(-c7ccccc7)c6c5)n4)cc3s2)cc1. The first-order chi connectivity index (χ1) is 29.2. The van der Waals surface area contributed by atoms with E-state index in [2.05, 4.69) is 185 Å². The molecule has 0 N–H and O–H groups in total. The summed E-state index contributed by atoms with van der Waals surface area (Å²) in [6, 6.07) is 68.0. The predicted octanol–water partition coefficient (Wildman–Crippen LogP) is 13.3. The van der Waals surface area contributed by atoms with Crippen LogP contribution >= 0.6 is 11.3 Å². The van der Waals surface area contributed by atoms with Crippen LogP contribution in [0.4, 0.5) is 0 Å². The van der Waals surface area contributed by atoms with Crippen LogP contribution in [-0.2, 0) is 0 Å². The van der Waals surface area contributed by atoms with Crippen LogP contribution in [0.5, 0.6) is 0 Å². The molecule has 0 spiro atoms. The van der Waals surface area contributed by atoms with Gasteiger partial charge < -0.3 is 9.13 Å². The standard InChI is InChI=1S/C52H32N6S/c1-4-14-33(15-5-1)52-53-43-28-25-36(32-48(43)59-52)51-55-49(34-26-29-46-42(30-34)40-21-11-13-23-45(40)57(46)37-16-6-2-7-17-37)54-50(56-51)35-24-27-41-39-20-10-12-22-44(39)58(47(41)31-35)38-18-8-3-9-19-38/h1-32H. The lowest BCUT2D eigenvalue weighted by Gasteiger charge is -2.11. The second-order valence-corrected chi connectivity index (χ2v) is 15.7. The van der Waals surface area contributed by atoms with Crippen LogP contribution in [0.3, 0.4) is 0 Å². The summed E-state index contributed by atoms with van der Waals surface area (Å²) in [6.07, 6.45) is 0. The molecule has 0 saturated heterocycles. The normalized spacial score (nSPS) is 11.7. The van der Waals surface area contributed by atoms with Crippen molar-refractivity contribution in [2.24, 2.45) is 0 Å². The van der Waals surface area contributed by atoms with Crippen LogP contribution in [0.15, 0.2) is 194 Å². The first kappa shape index (κ1) is 33.4. The smallest absolute Gasteiger partial charge is 0.164 e. The Labute approximate surface area is 343 Å². The fraction of sp³-hybridized carbons (Fsp3) is 0. The molecule has 0 amide bonds. The molecule has 0 aliphatic heterocycles. The first-order valence-corrected chi connectivity index (χ1v) is 20.5. The maximum absolute atomic E-state index is 5.27. The Kier molecular flexibility index (Phi) is 7.61. The van der Waals surface area contributed by atoms with E-state index in [1.54, 1.807) is 11.3 Å². The van der Waals surface area contributed by atoms with E-state index < -0.39 is 0 Å². The molecule has 0 bridgehead atoms. The number of rotatable bonds is 6. The Morgan fingerprint density at radius 1 is 0.322 bits per heavy atom. The number of fused-ring (bicyclic) bond motifs is 7. The highest BCUT2D eigenvalue weighted by atomic mass is 32.1. The minimum absolute atomic E-state index is 0.608. The van der Waals surface area contributed by atoms with E-state index in [1.807, 2.05) is 18.2 Å². The molecule has 0 atom stereocenters. The molecular formula is C52H32N6S. The molecule has 0 unspecified atom stereocenters. The van der Waals surface area contributed by atoms with Gasteiger partial charge in [-0.05, 0) is 78.9 Å². The molecule has 0 fully saturated rings. The second-order valence-electron chi connectivity index (χ2n) is 14.7. The average Bonchev–Trinajstić information content (AvgIpc) is 3.99. The largest absolute Gasteiger partial charge is 0.309 e. The molecule has 6 nitrogen and oxygen atoms in total. The number of nitrogens with zero attached hydrogens (tertiary/aromatic N) is 6. The first-order valence-electron chi connectivity index (χ1n) is 19.6. The number of para-hydroxylation sites is 4. The van der Waals surface area contributed by atoms with Crippen LogP contribution in [-0.4, -0.2) is 29.1 Å². The molecular weight excluding hydrogens is 741 g/mol. The van der Waals surface area contributed by atoms with Gasteiger partial charge in [-0.15, -0.1) is 11.3 Å². The van der Waals surface area contributed by atoms with Gasteiger partial charge in [0.2, 0.25) is 0 Å². The lowest BCUT2D eigenvalue weighted by atomic mass is 10.1. The molecule has 0 saturated carbocycles. The molecule has 0 aliphatic rings. The molecule has 12 aromatic rings. The van der Waals surface area contributed by atoms with Gasteiger partial charge >= 0.3 is 0 Å². The van der Waals surface area contributed by atoms with Gasteiger partial charge in [0.05, 0.1) is 32.3 Å². The number of thiazole rings is 1. The van der Waals surface area contributed by atoms with Crippen molar-refractivity contribution in [2.45, 2.75) is 0 Å². The summed E-state index contributed by atoms with van der Waals surface area (Å²) in [5.74, 6) is 1.83. The van der Waals surface area contributed by atoms with E-state index in [4.69, 9.17) is 19.9 Å². The van der Waals surface area contributed by atoms with Crippen molar-refractivity contribution < 1.29 is 0 Å². The highest BCUT2D eigenvalue weighted by Gasteiger charge is 2.19. The van der Waals surface area contributed by atoms with Crippen LogP contribution in [0, 0.1) is 0 Å². The van der Waals surface area contributed by atoms with Crippen molar-refractivity contribution in [2.75, 3.05) is 0 Å². The molecule has 0 aliphatic carbocycles. The van der Waals surface area contributed by atoms with Gasteiger partial charge in [-0.1, -0.05) is 115 Å². The lowest BCUT2D eigenvalue weighted by Crippen LogP contribution is -2.01. The fourth-order valence-electron chi connectivity index (χ4n) is 8.46. The number of hydrogen-bond acceptors (Lipinski definition) is 5. The zero-order valence-electron chi connectivity index (χ0n) is 31.6. The van der Waals surface area contributed by atoms with E-state index in [-0.39, 0.29) is 0 Å². The quantitative estimate of drug-likeness (QED) is 0.169. The Hall–Kier alpha value is -7.74. The molecule has 4 heterocycles. The van der Waals surface area contributed by atoms with Gasteiger partial charge in [0.15, 0.2) is 17.5 Å². The van der Waals surface area contributed by atoms with Crippen LogP contribution in [0.25, 0.3) is 110 Å². The fourth-order valence-corrected chi connectivity index (χ4v) is 9.47. The minimum atomic E-state index is 0.608. The van der Waals surface area contributed by atoms with Gasteiger partial charge in [-0.3, -0.25) is 0 Å². The van der Waals surface area contributed by atoms with Gasteiger partial charge in [0, 0.05) is 55.2 Å². The van der Waals surface area contributed by atoms with E-state index in [1.165, 1.54) is 16.2 Å². The van der Waals surface area contributed by atoms with Crippen LogP contribution in [0.1, 0.15) is 0 Å². The second kappa shape index (κ2) is 13.4. The monoisotopic (exact) mass is 772 g/mol. The number of aromatic nitrogens is 6. The molecule has 59 heavy (non-hydrogen) atoms. The topological polar surface area (TPSA) is 61.4 Å². The number of benzene rings is 8. The maximum atomic E-state index is 5.27. The summed E-state index contributed by atoms with van der Waals surface area (Å²) in [7, 11) is 0. The summed E-state index contributed by atoms with van der Waals surface area (Å²) in [6.45, 7) is 0. The van der Waals surface area contributed by atoms with Gasteiger partial charge in [0.25, 0.3) is 0 Å². The predicted molar refractivity (Wildman–Crippen MR) is 243 cm³/mol. The highest BCUT2D eigenvalue weighted by molar-refractivity contribution is 7.21. The summed E-state index contributed by atoms with van der Waals surface area (Å²) in [4.78, 5) is 20.7. The highest BCUT2D eigenvalue weighted by Crippen LogP contribution is 2.38. The van der Waals surface area contributed by atoms with E-state index >= 15 is 0 Å². The third kappa shape index (κ3) is 5.55. The minimum Gasteiger partial charge on any atom is -0.309 e. The van der Waals surface area contributed by atoms with Gasteiger partial charge in [-0.25, -0.2) is 19.9 Å². The third-order valence-electron chi connectivity index (χ3n) is 11.2. The van der Waals surface area contributed by atoms with Crippen molar-refractivity contribution in [1.82, 2.24) is 29.1 Å². The molecule has 8 aromatic carbocycles. The van der Waals surface area contributed by atoms with E-state index in [0.717, 1.165) is 76.3 Å². The van der Waals surface area contributed by atoms with E-state index in [0.29, 0.717) is 17.5 Å². The summed E-state index contributed by atoms with van der Waals surface area (Å²) >= 11 is 1.68. The maximum Gasteiger partial charge on any atom is 0.164 e.